The molecule has 0 radical (unpaired) electrons. The molecule has 0 N–H and O–H groups in total. The average molecular weight is 258 g/mol. The van der Waals surface area contributed by atoms with Crippen molar-refractivity contribution < 1.29 is 4.79 Å². The van der Waals surface area contributed by atoms with Gasteiger partial charge in [0.05, 0.1) is 10.0 Å². The van der Waals surface area contributed by atoms with Crippen LogP contribution in [-0.4, -0.2) is 18.4 Å². The topological polar surface area (TPSA) is 20.3 Å². The summed E-state index contributed by atoms with van der Waals surface area (Å²) >= 11 is 11.9. The Balaban J connectivity index is 2.23. The zero-order valence-electron chi connectivity index (χ0n) is 9.04. The molecule has 0 aromatic heterocycles. The van der Waals surface area contributed by atoms with Gasteiger partial charge in [0.1, 0.15) is 5.78 Å². The van der Waals surface area contributed by atoms with Crippen LogP contribution in [0.15, 0.2) is 18.2 Å². The van der Waals surface area contributed by atoms with E-state index < -0.39 is 0 Å². The summed E-state index contributed by atoms with van der Waals surface area (Å²) in [5, 5.41) is 1.12. The van der Waals surface area contributed by atoms with Crippen molar-refractivity contribution in [2.45, 2.75) is 25.8 Å². The van der Waals surface area contributed by atoms with Gasteiger partial charge in [-0.3, -0.25) is 4.79 Å². The molecule has 1 unspecified atom stereocenters. The number of rotatable bonds is 1. The van der Waals surface area contributed by atoms with Gasteiger partial charge in [-0.2, -0.15) is 0 Å². The standard InChI is InChI=1S/C12H13Cl2NO/c1-8-6-10(16)4-5-15(8)9-2-3-11(13)12(14)7-9/h2-3,7-8H,4-6H2,1H3. The van der Waals surface area contributed by atoms with Crippen molar-refractivity contribution >= 4 is 34.7 Å². The van der Waals surface area contributed by atoms with Crippen molar-refractivity contribution in [3.63, 3.8) is 0 Å². The fourth-order valence-electron chi connectivity index (χ4n) is 2.05. The second-order valence-electron chi connectivity index (χ2n) is 4.13. The van der Waals surface area contributed by atoms with Gasteiger partial charge >= 0.3 is 0 Å². The number of halogens is 2. The van der Waals surface area contributed by atoms with Gasteiger partial charge in [0.2, 0.25) is 0 Å². The molecule has 1 saturated heterocycles. The predicted octanol–water partition coefficient (Wildman–Crippen LogP) is 3.55. The van der Waals surface area contributed by atoms with Crippen LogP contribution in [0.5, 0.6) is 0 Å². The quantitative estimate of drug-likeness (QED) is 0.767. The lowest BCUT2D eigenvalue weighted by molar-refractivity contribution is -0.120. The van der Waals surface area contributed by atoms with Gasteiger partial charge in [0.25, 0.3) is 0 Å². The lowest BCUT2D eigenvalue weighted by Gasteiger charge is -2.34. The van der Waals surface area contributed by atoms with Gasteiger partial charge in [0, 0.05) is 31.1 Å². The Morgan fingerprint density at radius 1 is 1.31 bits per heavy atom. The maximum absolute atomic E-state index is 11.3. The maximum Gasteiger partial charge on any atom is 0.136 e. The number of carbonyl (C=O) groups is 1. The van der Waals surface area contributed by atoms with Crippen molar-refractivity contribution in [3.8, 4) is 0 Å². The van der Waals surface area contributed by atoms with Crippen LogP contribution in [0, 0.1) is 0 Å². The van der Waals surface area contributed by atoms with Crippen LogP contribution >= 0.6 is 23.2 Å². The molecule has 2 rings (SSSR count). The molecule has 0 spiro atoms. The highest BCUT2D eigenvalue weighted by Crippen LogP contribution is 2.30. The fourth-order valence-corrected chi connectivity index (χ4v) is 2.35. The van der Waals surface area contributed by atoms with Crippen LogP contribution < -0.4 is 4.90 Å². The van der Waals surface area contributed by atoms with Crippen LogP contribution in [0.2, 0.25) is 10.0 Å². The normalized spacial score (nSPS) is 21.3. The molecule has 0 saturated carbocycles. The third-order valence-electron chi connectivity index (χ3n) is 2.92. The molecule has 0 aliphatic carbocycles. The first-order chi connectivity index (χ1) is 7.58. The highest BCUT2D eigenvalue weighted by atomic mass is 35.5. The van der Waals surface area contributed by atoms with Gasteiger partial charge in [-0.15, -0.1) is 0 Å². The Kier molecular flexibility index (Phi) is 3.41. The molecule has 1 aliphatic rings. The number of hydrogen-bond acceptors (Lipinski definition) is 2. The van der Waals surface area contributed by atoms with Crippen LogP contribution in [-0.2, 0) is 4.79 Å². The summed E-state index contributed by atoms with van der Waals surface area (Å²) in [4.78, 5) is 13.5. The van der Waals surface area contributed by atoms with Gasteiger partial charge < -0.3 is 4.90 Å². The van der Waals surface area contributed by atoms with E-state index in [1.165, 1.54) is 0 Å². The molecular weight excluding hydrogens is 245 g/mol. The molecule has 1 aromatic carbocycles. The average Bonchev–Trinajstić information content (AvgIpc) is 2.22. The van der Waals surface area contributed by atoms with E-state index in [-0.39, 0.29) is 6.04 Å². The van der Waals surface area contributed by atoms with Crippen molar-refractivity contribution in [2.75, 3.05) is 11.4 Å². The van der Waals surface area contributed by atoms with Crippen LogP contribution in [0.4, 0.5) is 5.69 Å². The molecule has 0 bridgehead atoms. The van der Waals surface area contributed by atoms with Crippen molar-refractivity contribution in [2.24, 2.45) is 0 Å². The first-order valence-electron chi connectivity index (χ1n) is 5.31. The lowest BCUT2D eigenvalue weighted by Crippen LogP contribution is -2.41. The Hall–Kier alpha value is -0.730. The number of ketones is 1. The van der Waals surface area contributed by atoms with Crippen molar-refractivity contribution in [3.05, 3.63) is 28.2 Å². The van der Waals surface area contributed by atoms with E-state index in [2.05, 4.69) is 11.8 Å². The summed E-state index contributed by atoms with van der Waals surface area (Å²) in [5.41, 5.74) is 1.04. The van der Waals surface area contributed by atoms with E-state index in [0.717, 1.165) is 12.2 Å². The summed E-state index contributed by atoms with van der Waals surface area (Å²) < 4.78 is 0. The second kappa shape index (κ2) is 4.64. The smallest absolute Gasteiger partial charge is 0.136 e. The maximum atomic E-state index is 11.3. The highest BCUT2D eigenvalue weighted by molar-refractivity contribution is 6.42. The first-order valence-corrected chi connectivity index (χ1v) is 6.07. The van der Waals surface area contributed by atoms with Gasteiger partial charge in [-0.05, 0) is 25.1 Å². The molecular formula is C12H13Cl2NO. The number of nitrogens with zero attached hydrogens (tertiary/aromatic N) is 1. The van der Waals surface area contributed by atoms with Gasteiger partial charge in [-0.25, -0.2) is 0 Å². The Morgan fingerprint density at radius 3 is 2.69 bits per heavy atom. The molecule has 1 aliphatic heterocycles. The molecule has 0 amide bonds. The summed E-state index contributed by atoms with van der Waals surface area (Å²) in [6.07, 6.45) is 1.23. The third kappa shape index (κ3) is 2.33. The van der Waals surface area contributed by atoms with E-state index in [0.29, 0.717) is 28.7 Å². The number of benzene rings is 1. The Morgan fingerprint density at radius 2 is 2.06 bits per heavy atom. The molecule has 1 fully saturated rings. The van der Waals surface area contributed by atoms with E-state index in [1.807, 2.05) is 12.1 Å². The summed E-state index contributed by atoms with van der Waals surface area (Å²) in [5.74, 6) is 0.337. The van der Waals surface area contributed by atoms with Gasteiger partial charge in [-0.1, -0.05) is 23.2 Å². The summed E-state index contributed by atoms with van der Waals surface area (Å²) in [6.45, 7) is 2.82. The van der Waals surface area contributed by atoms with Crippen LogP contribution in [0.3, 0.4) is 0 Å². The van der Waals surface area contributed by atoms with E-state index in [4.69, 9.17) is 23.2 Å². The largest absolute Gasteiger partial charge is 0.368 e. The molecule has 16 heavy (non-hydrogen) atoms. The molecule has 1 atom stereocenters. The highest BCUT2D eigenvalue weighted by Gasteiger charge is 2.23. The molecule has 4 heteroatoms. The molecule has 1 heterocycles. The number of Topliss-reactive ketones (excluding diaryl/α,β-unsaturated/α-hetero) is 1. The number of piperidine rings is 1. The van der Waals surface area contributed by atoms with E-state index in [9.17, 15) is 4.79 Å². The molecule has 2 nitrogen and oxygen atoms in total. The summed E-state index contributed by atoms with van der Waals surface area (Å²) in [7, 11) is 0. The lowest BCUT2D eigenvalue weighted by atomic mass is 10.0. The number of anilines is 1. The Bertz CT molecular complexity index is 419. The minimum Gasteiger partial charge on any atom is -0.368 e. The third-order valence-corrected chi connectivity index (χ3v) is 3.66. The molecule has 86 valence electrons. The van der Waals surface area contributed by atoms with Crippen LogP contribution in [0.1, 0.15) is 19.8 Å². The van der Waals surface area contributed by atoms with Crippen molar-refractivity contribution in [1.82, 2.24) is 0 Å². The van der Waals surface area contributed by atoms with Gasteiger partial charge in [0.15, 0.2) is 0 Å². The monoisotopic (exact) mass is 257 g/mol. The number of hydrogen-bond donors (Lipinski definition) is 0. The second-order valence-corrected chi connectivity index (χ2v) is 4.95. The minimum atomic E-state index is 0.235. The SMILES string of the molecule is CC1CC(=O)CCN1c1ccc(Cl)c(Cl)c1. The van der Waals surface area contributed by atoms with Crippen LogP contribution in [0.25, 0.3) is 0 Å². The zero-order chi connectivity index (χ0) is 11.7. The minimum absolute atomic E-state index is 0.235. The molecule has 1 aromatic rings. The van der Waals surface area contributed by atoms with E-state index in [1.54, 1.807) is 6.07 Å². The first kappa shape index (κ1) is 11.7. The number of carbonyl (C=O) groups excluding carboxylic acids is 1. The predicted molar refractivity (Wildman–Crippen MR) is 67.5 cm³/mol. The Labute approximate surface area is 105 Å². The summed E-state index contributed by atoms with van der Waals surface area (Å²) in [6, 6.07) is 5.83. The fraction of sp³-hybridized carbons (Fsp3) is 0.417. The zero-order valence-corrected chi connectivity index (χ0v) is 10.6. The van der Waals surface area contributed by atoms with Crippen molar-refractivity contribution in [1.29, 1.82) is 0 Å². The van der Waals surface area contributed by atoms with E-state index >= 15 is 0 Å².